The summed E-state index contributed by atoms with van der Waals surface area (Å²) in [5, 5.41) is 20.2. The van der Waals surface area contributed by atoms with Gasteiger partial charge < -0.3 is 25.7 Å². The van der Waals surface area contributed by atoms with E-state index in [9.17, 15) is 20.0 Å². The predicted molar refractivity (Wildman–Crippen MR) is 152 cm³/mol. The van der Waals surface area contributed by atoms with Gasteiger partial charge in [-0.3, -0.25) is 9.59 Å². The Morgan fingerprint density at radius 1 is 1.10 bits per heavy atom. The van der Waals surface area contributed by atoms with E-state index in [1.807, 2.05) is 67.0 Å². The number of amides is 2. The summed E-state index contributed by atoms with van der Waals surface area (Å²) < 4.78 is 7.74. The second-order valence-electron chi connectivity index (χ2n) is 10.1. The van der Waals surface area contributed by atoms with Crippen molar-refractivity contribution in [2.75, 3.05) is 0 Å². The van der Waals surface area contributed by atoms with Crippen LogP contribution in [-0.2, 0) is 11.2 Å². The van der Waals surface area contributed by atoms with Crippen molar-refractivity contribution in [3.05, 3.63) is 88.7 Å². The largest absolute Gasteiger partial charge is 0.490 e. The number of carbonyl (C=O) groups excluding carboxylic acids is 2. The summed E-state index contributed by atoms with van der Waals surface area (Å²) in [6.07, 6.45) is 3.80. The fourth-order valence-electron chi connectivity index (χ4n) is 4.97. The molecule has 0 spiro atoms. The highest BCUT2D eigenvalue weighted by Crippen LogP contribution is 2.36. The highest BCUT2D eigenvalue weighted by Gasteiger charge is 2.26. The van der Waals surface area contributed by atoms with Crippen molar-refractivity contribution >= 4 is 17.5 Å². The smallest absolute Gasteiger partial charge is 0.249 e. The monoisotopic (exact) mass is 539 g/mol. The van der Waals surface area contributed by atoms with Crippen LogP contribution in [0.3, 0.4) is 0 Å². The van der Waals surface area contributed by atoms with E-state index in [-0.39, 0.29) is 23.7 Å². The SMILES string of the molecule is CC(C)Oc1ccc(C(N)=O)c(C(CCC(N)=O)Cc2ccc(-c3cn4cccc(C(C)O)c4n3)cc2)c1C#N. The van der Waals surface area contributed by atoms with Gasteiger partial charge in [0.05, 0.1) is 23.5 Å². The van der Waals surface area contributed by atoms with E-state index < -0.39 is 23.8 Å². The van der Waals surface area contributed by atoms with Crippen LogP contribution in [0.25, 0.3) is 16.9 Å². The van der Waals surface area contributed by atoms with Gasteiger partial charge in [-0.2, -0.15) is 5.26 Å². The molecule has 0 saturated heterocycles. The van der Waals surface area contributed by atoms with Gasteiger partial charge in [0, 0.05) is 35.5 Å². The minimum atomic E-state index is -0.662. The lowest BCUT2D eigenvalue weighted by atomic mass is 9.82. The number of nitrogens with two attached hydrogens (primary N) is 2. The van der Waals surface area contributed by atoms with Crippen molar-refractivity contribution < 1.29 is 19.4 Å². The summed E-state index contributed by atoms with van der Waals surface area (Å²) in [6, 6.07) is 16.9. The molecule has 0 aliphatic heterocycles. The molecule has 2 heterocycles. The average Bonchev–Trinajstić information content (AvgIpc) is 3.35. The van der Waals surface area contributed by atoms with Gasteiger partial charge in [0.15, 0.2) is 0 Å². The lowest BCUT2D eigenvalue weighted by molar-refractivity contribution is -0.118. The third kappa shape index (κ3) is 6.14. The minimum absolute atomic E-state index is 0.0773. The van der Waals surface area contributed by atoms with Crippen molar-refractivity contribution in [1.82, 2.24) is 9.38 Å². The number of fused-ring (bicyclic) bond motifs is 1. The Labute approximate surface area is 233 Å². The molecule has 4 aromatic rings. The number of aromatic nitrogens is 2. The molecule has 4 rings (SSSR count). The summed E-state index contributed by atoms with van der Waals surface area (Å²) in [4.78, 5) is 28.9. The second kappa shape index (κ2) is 12.0. The zero-order valence-corrected chi connectivity index (χ0v) is 22.8. The van der Waals surface area contributed by atoms with Gasteiger partial charge >= 0.3 is 0 Å². The van der Waals surface area contributed by atoms with E-state index in [2.05, 4.69) is 6.07 Å². The molecule has 9 nitrogen and oxygen atoms in total. The third-order valence-corrected chi connectivity index (χ3v) is 6.79. The van der Waals surface area contributed by atoms with Crippen LogP contribution in [0.4, 0.5) is 0 Å². The Bertz CT molecular complexity index is 1580. The summed E-state index contributed by atoms with van der Waals surface area (Å²) >= 11 is 0. The first-order valence-corrected chi connectivity index (χ1v) is 13.2. The van der Waals surface area contributed by atoms with Crippen LogP contribution in [0.5, 0.6) is 5.75 Å². The van der Waals surface area contributed by atoms with E-state index in [0.29, 0.717) is 29.8 Å². The molecule has 2 unspecified atom stereocenters. The molecule has 0 saturated carbocycles. The molecule has 9 heteroatoms. The third-order valence-electron chi connectivity index (χ3n) is 6.79. The number of imidazole rings is 1. The maximum absolute atomic E-state index is 12.4. The summed E-state index contributed by atoms with van der Waals surface area (Å²) in [5.41, 5.74) is 16.1. The van der Waals surface area contributed by atoms with Crippen molar-refractivity contribution in [3.8, 4) is 23.1 Å². The van der Waals surface area contributed by atoms with E-state index in [1.54, 1.807) is 19.1 Å². The Kier molecular flexibility index (Phi) is 8.51. The number of carbonyl (C=O) groups is 2. The van der Waals surface area contributed by atoms with Crippen molar-refractivity contribution in [1.29, 1.82) is 5.26 Å². The lowest BCUT2D eigenvalue weighted by Crippen LogP contribution is -2.20. The molecule has 0 bridgehead atoms. The number of nitrogens with zero attached hydrogens (tertiary/aromatic N) is 3. The van der Waals surface area contributed by atoms with Crippen molar-refractivity contribution in [2.45, 2.75) is 58.2 Å². The molecule has 2 aromatic carbocycles. The molecule has 206 valence electrons. The van der Waals surface area contributed by atoms with Crippen molar-refractivity contribution in [3.63, 3.8) is 0 Å². The fourth-order valence-corrected chi connectivity index (χ4v) is 4.97. The van der Waals surface area contributed by atoms with Crippen LogP contribution in [0.15, 0.2) is 60.9 Å². The topological polar surface area (TPSA) is 157 Å². The Morgan fingerprint density at radius 3 is 2.42 bits per heavy atom. The highest BCUT2D eigenvalue weighted by molar-refractivity contribution is 5.95. The van der Waals surface area contributed by atoms with Crippen LogP contribution in [0.2, 0.25) is 0 Å². The molecule has 0 aliphatic rings. The number of aliphatic hydroxyl groups excluding tert-OH is 1. The predicted octanol–water partition coefficient (Wildman–Crippen LogP) is 4.40. The number of hydrogen-bond donors (Lipinski definition) is 3. The number of ether oxygens (including phenoxy) is 1. The molecule has 2 amide bonds. The molecule has 5 N–H and O–H groups in total. The average molecular weight is 540 g/mol. The van der Waals surface area contributed by atoms with E-state index in [1.165, 1.54) is 0 Å². The maximum atomic E-state index is 12.4. The number of hydrogen-bond acceptors (Lipinski definition) is 6. The van der Waals surface area contributed by atoms with Crippen LogP contribution >= 0.6 is 0 Å². The lowest BCUT2D eigenvalue weighted by Gasteiger charge is -2.23. The normalized spacial score (nSPS) is 12.7. The first-order valence-electron chi connectivity index (χ1n) is 13.2. The van der Waals surface area contributed by atoms with Gasteiger partial charge in [-0.25, -0.2) is 4.98 Å². The number of rotatable bonds is 11. The molecular weight excluding hydrogens is 506 g/mol. The fraction of sp³-hybridized carbons (Fsp3) is 0.290. The van der Waals surface area contributed by atoms with Gasteiger partial charge in [-0.1, -0.05) is 30.3 Å². The van der Waals surface area contributed by atoms with Gasteiger partial charge in [0.2, 0.25) is 11.8 Å². The van der Waals surface area contributed by atoms with Crippen LogP contribution in [0.1, 0.15) is 78.2 Å². The standard InChI is InChI=1S/C31H33N5O4/c1-18(2)40-27-12-11-24(30(34)39)29(25(27)16-32)22(10-13-28(33)38)15-20-6-8-21(9-7-20)26-17-36-14-4-5-23(19(3)37)31(36)35-26/h4-9,11-12,14,17-19,22,37H,10,13,15H2,1-3H3,(H2,33,38)(H2,34,39). The molecular formula is C31H33N5O4. The number of benzene rings is 2. The number of pyridine rings is 1. The quantitative estimate of drug-likeness (QED) is 0.256. The Morgan fingerprint density at radius 2 is 1.82 bits per heavy atom. The summed E-state index contributed by atoms with van der Waals surface area (Å²) in [5.74, 6) is -1.17. The minimum Gasteiger partial charge on any atom is -0.490 e. The van der Waals surface area contributed by atoms with E-state index >= 15 is 0 Å². The van der Waals surface area contributed by atoms with E-state index in [0.717, 1.165) is 22.4 Å². The summed E-state index contributed by atoms with van der Waals surface area (Å²) in [7, 11) is 0. The van der Waals surface area contributed by atoms with Gasteiger partial charge in [0.25, 0.3) is 0 Å². The molecule has 0 fully saturated rings. The van der Waals surface area contributed by atoms with Crippen LogP contribution in [-0.4, -0.2) is 32.4 Å². The number of aliphatic hydroxyl groups is 1. The Balaban J connectivity index is 1.71. The van der Waals surface area contributed by atoms with Gasteiger partial charge in [-0.15, -0.1) is 0 Å². The molecule has 0 radical (unpaired) electrons. The Hall–Kier alpha value is -4.68. The maximum Gasteiger partial charge on any atom is 0.249 e. The number of nitriles is 1. The summed E-state index contributed by atoms with van der Waals surface area (Å²) in [6.45, 7) is 5.41. The second-order valence-corrected chi connectivity index (χ2v) is 10.1. The molecule has 0 aliphatic carbocycles. The van der Waals surface area contributed by atoms with Crippen LogP contribution < -0.4 is 16.2 Å². The van der Waals surface area contributed by atoms with Crippen molar-refractivity contribution in [2.24, 2.45) is 11.5 Å². The van der Waals surface area contributed by atoms with E-state index in [4.69, 9.17) is 21.2 Å². The zero-order chi connectivity index (χ0) is 29.0. The molecule has 2 aromatic heterocycles. The van der Waals surface area contributed by atoms with Gasteiger partial charge in [-0.05, 0) is 68.9 Å². The van der Waals surface area contributed by atoms with Gasteiger partial charge in [0.1, 0.15) is 17.5 Å². The van der Waals surface area contributed by atoms with Crippen LogP contribution in [0, 0.1) is 11.3 Å². The molecule has 2 atom stereocenters. The first-order chi connectivity index (χ1) is 19.1. The zero-order valence-electron chi connectivity index (χ0n) is 22.8. The highest BCUT2D eigenvalue weighted by atomic mass is 16.5. The molecule has 40 heavy (non-hydrogen) atoms. The first kappa shape index (κ1) is 28.3. The number of primary amides is 2.